The smallest absolute Gasteiger partial charge is 0.219 e. The van der Waals surface area contributed by atoms with Crippen LogP contribution in [0.3, 0.4) is 0 Å². The van der Waals surface area contributed by atoms with Gasteiger partial charge in [0, 0.05) is 64.6 Å². The largest absolute Gasteiger partial charge is 0.496 e. The number of carbonyl (C=O) groups excluding carboxylic acids is 1. The number of nitrogens with zero attached hydrogens (tertiary/aromatic N) is 4. The number of benzene rings is 1. The fourth-order valence-electron chi connectivity index (χ4n) is 5.05. The highest BCUT2D eigenvalue weighted by molar-refractivity contribution is 5.73. The summed E-state index contributed by atoms with van der Waals surface area (Å²) < 4.78 is 5.54. The van der Waals surface area contributed by atoms with E-state index in [0.717, 1.165) is 68.7 Å². The summed E-state index contributed by atoms with van der Waals surface area (Å²) in [7, 11) is 3.67. The Morgan fingerprint density at radius 1 is 1.22 bits per heavy atom. The number of aromatic nitrogens is 2. The van der Waals surface area contributed by atoms with Gasteiger partial charge in [0.25, 0.3) is 0 Å². The van der Waals surface area contributed by atoms with Crippen molar-refractivity contribution < 1.29 is 9.53 Å². The molecule has 1 atom stereocenters. The van der Waals surface area contributed by atoms with Gasteiger partial charge in [-0.25, -0.2) is 9.97 Å². The predicted octanol–water partition coefficient (Wildman–Crippen LogP) is 3.35. The number of likely N-dealkylation sites (tertiary alicyclic amines) is 1. The molecule has 0 radical (unpaired) electrons. The van der Waals surface area contributed by atoms with Gasteiger partial charge in [0.1, 0.15) is 17.4 Å². The molecule has 1 fully saturated rings. The molecule has 1 aromatic carbocycles. The standard InChI is InChI=1S/C25H35N5O2/c1-15-11-23(32-6)17(3)16(2)20(15)13-29-9-8-22-21(14-29)25(26-5)28-24(27-22)19-7-10-30(12-19)18(4)31/h11,19H,7-10,12-14H2,1-6H3,(H,26,27,28)/t19-/m1/s1. The topological polar surface area (TPSA) is 70.6 Å². The molecular weight excluding hydrogens is 402 g/mol. The quantitative estimate of drug-likeness (QED) is 0.774. The Balaban J connectivity index is 1.56. The fraction of sp³-hybridized carbons (Fsp3) is 0.560. The number of aryl methyl sites for hydroxylation is 1. The molecule has 0 saturated carbocycles. The molecule has 1 saturated heterocycles. The summed E-state index contributed by atoms with van der Waals surface area (Å²) in [6, 6.07) is 2.15. The Kier molecular flexibility index (Phi) is 6.38. The van der Waals surface area contributed by atoms with Crippen LogP contribution in [-0.4, -0.2) is 59.5 Å². The molecular formula is C25H35N5O2. The van der Waals surface area contributed by atoms with E-state index in [2.05, 4.69) is 37.1 Å². The van der Waals surface area contributed by atoms with E-state index in [9.17, 15) is 4.79 Å². The van der Waals surface area contributed by atoms with Crippen LogP contribution in [0.15, 0.2) is 6.07 Å². The van der Waals surface area contributed by atoms with Gasteiger partial charge in [-0.2, -0.15) is 0 Å². The highest BCUT2D eigenvalue weighted by Crippen LogP contribution is 2.32. The van der Waals surface area contributed by atoms with E-state index >= 15 is 0 Å². The Morgan fingerprint density at radius 2 is 2.00 bits per heavy atom. The summed E-state index contributed by atoms with van der Waals surface area (Å²) in [5, 5.41) is 3.31. The molecule has 0 spiro atoms. The lowest BCUT2D eigenvalue weighted by atomic mass is 9.96. The number of nitrogens with one attached hydrogen (secondary N) is 1. The lowest BCUT2D eigenvalue weighted by molar-refractivity contribution is -0.127. The number of ether oxygens (including phenoxy) is 1. The van der Waals surface area contributed by atoms with Crippen LogP contribution in [0.4, 0.5) is 5.82 Å². The number of rotatable bonds is 5. The molecule has 2 aliphatic rings. The van der Waals surface area contributed by atoms with Crippen molar-refractivity contribution in [1.82, 2.24) is 19.8 Å². The number of amides is 1. The van der Waals surface area contributed by atoms with E-state index < -0.39 is 0 Å². The molecule has 0 aliphatic carbocycles. The average molecular weight is 438 g/mol. The van der Waals surface area contributed by atoms with Gasteiger partial charge in [0.05, 0.1) is 12.8 Å². The summed E-state index contributed by atoms with van der Waals surface area (Å²) in [6.45, 7) is 12.4. The average Bonchev–Trinajstić information content (AvgIpc) is 3.29. The van der Waals surface area contributed by atoms with Gasteiger partial charge in [-0.05, 0) is 55.5 Å². The first-order chi connectivity index (χ1) is 15.3. The summed E-state index contributed by atoms with van der Waals surface area (Å²) in [4.78, 5) is 26.0. The maximum Gasteiger partial charge on any atom is 0.219 e. The van der Waals surface area contributed by atoms with Crippen LogP contribution >= 0.6 is 0 Å². The third-order valence-electron chi connectivity index (χ3n) is 7.20. The van der Waals surface area contributed by atoms with Crippen molar-refractivity contribution in [2.75, 3.05) is 39.1 Å². The van der Waals surface area contributed by atoms with E-state index in [1.165, 1.54) is 27.8 Å². The molecule has 1 N–H and O–H groups in total. The number of fused-ring (bicyclic) bond motifs is 1. The zero-order valence-electron chi connectivity index (χ0n) is 20.2. The van der Waals surface area contributed by atoms with Gasteiger partial charge in [-0.1, -0.05) is 0 Å². The Bertz CT molecular complexity index is 1020. The monoisotopic (exact) mass is 437 g/mol. The van der Waals surface area contributed by atoms with Gasteiger partial charge < -0.3 is 15.0 Å². The number of hydrogen-bond acceptors (Lipinski definition) is 6. The van der Waals surface area contributed by atoms with Crippen molar-refractivity contribution in [1.29, 1.82) is 0 Å². The van der Waals surface area contributed by atoms with Gasteiger partial charge in [-0.3, -0.25) is 9.69 Å². The Labute approximate surface area is 191 Å². The van der Waals surface area contributed by atoms with Crippen LogP contribution in [0, 0.1) is 20.8 Å². The third-order valence-corrected chi connectivity index (χ3v) is 7.20. The molecule has 2 aliphatic heterocycles. The Hall–Kier alpha value is -2.67. The van der Waals surface area contributed by atoms with Crippen molar-refractivity contribution in [3.05, 3.63) is 45.4 Å². The molecule has 1 amide bonds. The number of carbonyl (C=O) groups is 1. The summed E-state index contributed by atoms with van der Waals surface area (Å²) >= 11 is 0. The van der Waals surface area contributed by atoms with Crippen molar-refractivity contribution in [2.24, 2.45) is 0 Å². The SMILES string of the molecule is CNc1nc([C@@H]2CCN(C(C)=O)C2)nc2c1CN(Cc1c(C)cc(OC)c(C)c1C)CC2. The summed E-state index contributed by atoms with van der Waals surface area (Å²) in [5.74, 6) is 3.12. The lowest BCUT2D eigenvalue weighted by Gasteiger charge is -2.31. The molecule has 7 heteroatoms. The zero-order valence-corrected chi connectivity index (χ0v) is 20.2. The van der Waals surface area contributed by atoms with Crippen LogP contribution in [0.25, 0.3) is 0 Å². The van der Waals surface area contributed by atoms with E-state index in [0.29, 0.717) is 0 Å². The van der Waals surface area contributed by atoms with Crippen molar-refractivity contribution in [3.8, 4) is 5.75 Å². The first kappa shape index (κ1) is 22.5. The second-order valence-corrected chi connectivity index (χ2v) is 9.14. The predicted molar refractivity (Wildman–Crippen MR) is 126 cm³/mol. The minimum Gasteiger partial charge on any atom is -0.496 e. The highest BCUT2D eigenvalue weighted by atomic mass is 16.5. The highest BCUT2D eigenvalue weighted by Gasteiger charge is 2.30. The normalized spacial score (nSPS) is 18.6. The summed E-state index contributed by atoms with van der Waals surface area (Å²) in [6.07, 6.45) is 1.85. The summed E-state index contributed by atoms with van der Waals surface area (Å²) in [5.41, 5.74) is 7.52. The first-order valence-electron chi connectivity index (χ1n) is 11.5. The van der Waals surface area contributed by atoms with Crippen molar-refractivity contribution in [3.63, 3.8) is 0 Å². The molecule has 172 valence electrons. The number of methoxy groups -OCH3 is 1. The van der Waals surface area contributed by atoms with Gasteiger partial charge >= 0.3 is 0 Å². The van der Waals surface area contributed by atoms with Crippen molar-refractivity contribution >= 4 is 11.7 Å². The number of anilines is 1. The van der Waals surface area contributed by atoms with Crippen LogP contribution in [-0.2, 0) is 24.3 Å². The molecule has 1 aromatic heterocycles. The molecule has 0 unspecified atom stereocenters. The van der Waals surface area contributed by atoms with E-state index in [4.69, 9.17) is 14.7 Å². The molecule has 3 heterocycles. The first-order valence-corrected chi connectivity index (χ1v) is 11.5. The molecule has 0 bridgehead atoms. The molecule has 2 aromatic rings. The van der Waals surface area contributed by atoms with Gasteiger partial charge in [0.2, 0.25) is 5.91 Å². The zero-order chi connectivity index (χ0) is 23.0. The molecule has 4 rings (SSSR count). The maximum absolute atomic E-state index is 11.7. The van der Waals surface area contributed by atoms with E-state index in [-0.39, 0.29) is 11.8 Å². The van der Waals surface area contributed by atoms with Crippen molar-refractivity contribution in [2.45, 2.75) is 59.5 Å². The van der Waals surface area contributed by atoms with E-state index in [1.54, 1.807) is 14.0 Å². The lowest BCUT2D eigenvalue weighted by Crippen LogP contribution is -2.33. The van der Waals surface area contributed by atoms with Gasteiger partial charge in [-0.15, -0.1) is 0 Å². The van der Waals surface area contributed by atoms with Crippen LogP contribution in [0.1, 0.15) is 58.6 Å². The maximum atomic E-state index is 11.7. The van der Waals surface area contributed by atoms with Crippen LogP contribution in [0.5, 0.6) is 5.75 Å². The third kappa shape index (κ3) is 4.18. The molecule has 7 nitrogen and oxygen atoms in total. The Morgan fingerprint density at radius 3 is 2.66 bits per heavy atom. The van der Waals surface area contributed by atoms with Gasteiger partial charge in [0.15, 0.2) is 0 Å². The van der Waals surface area contributed by atoms with Crippen LogP contribution < -0.4 is 10.1 Å². The number of hydrogen-bond donors (Lipinski definition) is 1. The van der Waals surface area contributed by atoms with Crippen LogP contribution in [0.2, 0.25) is 0 Å². The molecule has 32 heavy (non-hydrogen) atoms. The second-order valence-electron chi connectivity index (χ2n) is 9.14. The minimum atomic E-state index is 0.134. The fourth-order valence-corrected chi connectivity index (χ4v) is 5.05. The minimum absolute atomic E-state index is 0.134. The second kappa shape index (κ2) is 9.06. The van der Waals surface area contributed by atoms with E-state index in [1.807, 2.05) is 11.9 Å².